The number of aromatic nitrogens is 4. The molecule has 2 N–H and O–H groups in total. The third kappa shape index (κ3) is 4.72. The third-order valence-corrected chi connectivity index (χ3v) is 5.16. The average molecular weight is 417 g/mol. The Labute approximate surface area is 175 Å². The summed E-state index contributed by atoms with van der Waals surface area (Å²) in [6, 6.07) is 8.49. The Morgan fingerprint density at radius 3 is 2.50 bits per heavy atom. The van der Waals surface area contributed by atoms with Gasteiger partial charge in [0.15, 0.2) is 5.11 Å². The van der Waals surface area contributed by atoms with Gasteiger partial charge in [0.2, 0.25) is 0 Å². The van der Waals surface area contributed by atoms with Gasteiger partial charge in [-0.3, -0.25) is 9.36 Å². The topological polar surface area (TPSA) is 59.7 Å². The minimum atomic E-state index is 0.466. The number of nitrogens with one attached hydrogen (secondary N) is 2. The molecule has 0 aliphatic carbocycles. The van der Waals surface area contributed by atoms with Gasteiger partial charge in [0.25, 0.3) is 0 Å². The lowest BCUT2D eigenvalue weighted by Crippen LogP contribution is -2.28. The van der Waals surface area contributed by atoms with Crippen molar-refractivity contribution in [2.75, 3.05) is 5.32 Å². The van der Waals surface area contributed by atoms with E-state index >= 15 is 0 Å². The Balaban J connectivity index is 1.64. The van der Waals surface area contributed by atoms with Crippen molar-refractivity contribution in [1.82, 2.24) is 24.9 Å². The SMILES string of the molecule is CCn1cc(Cl)c(CNC(=S)Nc2c(C)nn(Cc3ccc(C)cc3)c2C)n1. The number of thiocarbonyl (C=S) groups is 1. The Morgan fingerprint density at radius 1 is 1.14 bits per heavy atom. The molecule has 8 heteroatoms. The lowest BCUT2D eigenvalue weighted by Gasteiger charge is -2.11. The first-order valence-electron chi connectivity index (χ1n) is 9.23. The largest absolute Gasteiger partial charge is 0.357 e. The molecule has 0 amide bonds. The van der Waals surface area contributed by atoms with Gasteiger partial charge >= 0.3 is 0 Å². The van der Waals surface area contributed by atoms with E-state index in [9.17, 15) is 0 Å². The van der Waals surface area contributed by atoms with Crippen LogP contribution in [0.5, 0.6) is 0 Å². The molecular weight excluding hydrogens is 392 g/mol. The van der Waals surface area contributed by atoms with Gasteiger partial charge in [-0.05, 0) is 45.5 Å². The minimum Gasteiger partial charge on any atom is -0.357 e. The second-order valence-electron chi connectivity index (χ2n) is 6.78. The van der Waals surface area contributed by atoms with Gasteiger partial charge < -0.3 is 10.6 Å². The highest BCUT2D eigenvalue weighted by Gasteiger charge is 2.14. The zero-order valence-corrected chi connectivity index (χ0v) is 18.2. The molecule has 3 rings (SSSR count). The minimum absolute atomic E-state index is 0.466. The van der Waals surface area contributed by atoms with E-state index in [1.165, 1.54) is 11.1 Å². The molecule has 0 saturated carbocycles. The molecular formula is C20H25ClN6S. The van der Waals surface area contributed by atoms with Crippen molar-refractivity contribution >= 4 is 34.6 Å². The zero-order chi connectivity index (χ0) is 20.3. The number of rotatable bonds is 6. The molecule has 0 atom stereocenters. The maximum atomic E-state index is 6.21. The molecule has 2 aromatic heterocycles. The number of benzene rings is 1. The molecule has 0 radical (unpaired) electrons. The number of nitrogens with zero attached hydrogens (tertiary/aromatic N) is 4. The fourth-order valence-corrected chi connectivity index (χ4v) is 3.33. The van der Waals surface area contributed by atoms with E-state index in [1.54, 1.807) is 4.68 Å². The molecule has 0 spiro atoms. The van der Waals surface area contributed by atoms with Crippen LogP contribution < -0.4 is 10.6 Å². The number of hydrogen-bond donors (Lipinski definition) is 2. The van der Waals surface area contributed by atoms with Crippen LogP contribution >= 0.6 is 23.8 Å². The molecule has 0 fully saturated rings. The van der Waals surface area contributed by atoms with E-state index in [0.717, 1.165) is 35.9 Å². The normalized spacial score (nSPS) is 10.9. The predicted octanol–water partition coefficient (Wildman–Crippen LogP) is 4.21. The molecule has 3 aromatic rings. The van der Waals surface area contributed by atoms with Gasteiger partial charge in [-0.1, -0.05) is 41.4 Å². The van der Waals surface area contributed by atoms with Crippen LogP contribution in [0.2, 0.25) is 5.02 Å². The molecule has 28 heavy (non-hydrogen) atoms. The van der Waals surface area contributed by atoms with Crippen LogP contribution in [0, 0.1) is 20.8 Å². The summed E-state index contributed by atoms with van der Waals surface area (Å²) in [5, 5.41) is 16.7. The summed E-state index contributed by atoms with van der Waals surface area (Å²) in [6.45, 7) is 10.1. The first-order chi connectivity index (χ1) is 13.4. The number of aryl methyl sites for hydroxylation is 3. The second kappa shape index (κ2) is 8.75. The van der Waals surface area contributed by atoms with Crippen molar-refractivity contribution in [3.05, 3.63) is 63.7 Å². The van der Waals surface area contributed by atoms with Crippen LogP contribution in [0.25, 0.3) is 0 Å². The van der Waals surface area contributed by atoms with Crippen molar-refractivity contribution in [2.45, 2.75) is 47.3 Å². The van der Waals surface area contributed by atoms with Crippen molar-refractivity contribution < 1.29 is 0 Å². The summed E-state index contributed by atoms with van der Waals surface area (Å²) in [7, 11) is 0. The maximum absolute atomic E-state index is 6.21. The Morgan fingerprint density at radius 2 is 1.86 bits per heavy atom. The summed E-state index contributed by atoms with van der Waals surface area (Å²) in [4.78, 5) is 0. The van der Waals surface area contributed by atoms with Crippen LogP contribution in [0.1, 0.15) is 35.1 Å². The highest BCUT2D eigenvalue weighted by Crippen LogP contribution is 2.21. The van der Waals surface area contributed by atoms with E-state index < -0.39 is 0 Å². The van der Waals surface area contributed by atoms with Crippen molar-refractivity contribution in [3.8, 4) is 0 Å². The van der Waals surface area contributed by atoms with Gasteiger partial charge in [-0.2, -0.15) is 10.2 Å². The Hall–Kier alpha value is -2.38. The van der Waals surface area contributed by atoms with Gasteiger partial charge in [0.05, 0.1) is 35.2 Å². The summed E-state index contributed by atoms with van der Waals surface area (Å²) < 4.78 is 3.80. The first-order valence-corrected chi connectivity index (χ1v) is 10.0. The summed E-state index contributed by atoms with van der Waals surface area (Å²) in [6.07, 6.45) is 1.82. The third-order valence-electron chi connectivity index (χ3n) is 4.60. The van der Waals surface area contributed by atoms with Crippen LogP contribution in [-0.4, -0.2) is 24.7 Å². The van der Waals surface area contributed by atoms with E-state index in [2.05, 4.69) is 52.0 Å². The molecule has 1 aromatic carbocycles. The molecule has 0 saturated heterocycles. The van der Waals surface area contributed by atoms with Crippen LogP contribution in [0.15, 0.2) is 30.5 Å². The molecule has 0 aliphatic heterocycles. The molecule has 0 aliphatic rings. The lowest BCUT2D eigenvalue weighted by atomic mass is 10.1. The first kappa shape index (κ1) is 20.4. The molecule has 2 heterocycles. The van der Waals surface area contributed by atoms with E-state index in [0.29, 0.717) is 16.7 Å². The smallest absolute Gasteiger partial charge is 0.171 e. The van der Waals surface area contributed by atoms with Crippen molar-refractivity contribution in [1.29, 1.82) is 0 Å². The lowest BCUT2D eigenvalue weighted by molar-refractivity contribution is 0.643. The van der Waals surface area contributed by atoms with Gasteiger partial charge in [-0.15, -0.1) is 0 Å². The quantitative estimate of drug-likeness (QED) is 0.589. The molecule has 0 unspecified atom stereocenters. The number of hydrogen-bond acceptors (Lipinski definition) is 3. The Kier molecular flexibility index (Phi) is 6.36. The number of halogens is 1. The van der Waals surface area contributed by atoms with Gasteiger partial charge in [-0.25, -0.2) is 0 Å². The Bertz CT molecular complexity index is 973. The van der Waals surface area contributed by atoms with Crippen LogP contribution in [-0.2, 0) is 19.6 Å². The second-order valence-corrected chi connectivity index (χ2v) is 7.59. The van der Waals surface area contributed by atoms with E-state index in [1.807, 2.05) is 31.6 Å². The summed E-state index contributed by atoms with van der Waals surface area (Å²) >= 11 is 11.7. The monoisotopic (exact) mass is 416 g/mol. The van der Waals surface area contributed by atoms with E-state index in [4.69, 9.17) is 23.8 Å². The summed E-state index contributed by atoms with van der Waals surface area (Å²) in [5.41, 5.74) is 6.10. The van der Waals surface area contributed by atoms with Crippen molar-refractivity contribution in [2.24, 2.45) is 0 Å². The highest BCUT2D eigenvalue weighted by molar-refractivity contribution is 7.80. The maximum Gasteiger partial charge on any atom is 0.171 e. The molecule has 148 valence electrons. The van der Waals surface area contributed by atoms with Gasteiger partial charge in [0.1, 0.15) is 5.69 Å². The fourth-order valence-electron chi connectivity index (χ4n) is 2.94. The summed E-state index contributed by atoms with van der Waals surface area (Å²) in [5.74, 6) is 0. The van der Waals surface area contributed by atoms with Crippen molar-refractivity contribution in [3.63, 3.8) is 0 Å². The standard InChI is InChI=1S/C20H25ClN6S/c1-5-26-12-17(21)18(25-26)10-22-20(28)23-19-14(3)24-27(15(19)4)11-16-8-6-13(2)7-9-16/h6-9,12H,5,10-11H2,1-4H3,(H2,22,23,28). The fraction of sp³-hybridized carbons (Fsp3) is 0.350. The van der Waals surface area contributed by atoms with Gasteiger partial charge in [0, 0.05) is 12.7 Å². The zero-order valence-electron chi connectivity index (χ0n) is 16.6. The van der Waals surface area contributed by atoms with E-state index in [-0.39, 0.29) is 0 Å². The predicted molar refractivity (Wildman–Crippen MR) is 118 cm³/mol. The number of anilines is 1. The van der Waals surface area contributed by atoms with Crippen LogP contribution in [0.3, 0.4) is 0 Å². The average Bonchev–Trinajstić information content (AvgIpc) is 3.16. The molecule has 0 bridgehead atoms. The molecule has 6 nitrogen and oxygen atoms in total. The van der Waals surface area contributed by atoms with Crippen LogP contribution in [0.4, 0.5) is 5.69 Å². The highest BCUT2D eigenvalue weighted by atomic mass is 35.5.